The van der Waals surface area contributed by atoms with E-state index in [9.17, 15) is 23.1 Å². The molecule has 0 heterocycles. The molecule has 0 aromatic heterocycles. The maximum Gasteiger partial charge on any atom is 0.322 e. The summed E-state index contributed by atoms with van der Waals surface area (Å²) in [5.41, 5.74) is 3.46. The fourth-order valence-corrected chi connectivity index (χ4v) is 4.84. The van der Waals surface area contributed by atoms with Crippen molar-refractivity contribution in [1.82, 2.24) is 4.72 Å². The molecule has 0 unspecified atom stereocenters. The molecule has 7 nitrogen and oxygen atoms in total. The number of anilines is 1. The minimum absolute atomic E-state index is 0.0255. The molecule has 4 aromatic carbocycles. The molecule has 1 amide bonds. The highest BCUT2D eigenvalue weighted by molar-refractivity contribution is 7.89. The summed E-state index contributed by atoms with van der Waals surface area (Å²) >= 11 is 0. The number of hydrogen-bond acceptors (Lipinski definition) is 4. The van der Waals surface area contributed by atoms with Gasteiger partial charge in [-0.3, -0.25) is 9.59 Å². The summed E-state index contributed by atoms with van der Waals surface area (Å²) in [4.78, 5) is 24.1. The van der Waals surface area contributed by atoms with Crippen LogP contribution >= 0.6 is 0 Å². The Hall–Kier alpha value is -4.27. The maximum absolute atomic E-state index is 12.8. The SMILES string of the molecule is O=C(Nc1ccccc1)c1ccc(-c2ccc(S(=O)(=O)N[C@H](Cc3ccccc3)C(=O)O)cc2)cc1. The number of carbonyl (C=O) groups excluding carboxylic acids is 1. The second-order valence-electron chi connectivity index (χ2n) is 8.12. The summed E-state index contributed by atoms with van der Waals surface area (Å²) in [6.45, 7) is 0. The van der Waals surface area contributed by atoms with E-state index in [4.69, 9.17) is 0 Å². The van der Waals surface area contributed by atoms with Crippen LogP contribution in [-0.2, 0) is 21.2 Å². The molecule has 1 atom stereocenters. The van der Waals surface area contributed by atoms with Crippen LogP contribution < -0.4 is 10.0 Å². The molecule has 0 spiro atoms. The fourth-order valence-electron chi connectivity index (χ4n) is 3.65. The van der Waals surface area contributed by atoms with E-state index < -0.39 is 22.0 Å². The number of amides is 1. The molecular weight excluding hydrogens is 476 g/mol. The van der Waals surface area contributed by atoms with Gasteiger partial charge in [0.15, 0.2) is 0 Å². The molecule has 0 radical (unpaired) electrons. The third-order valence-electron chi connectivity index (χ3n) is 5.55. The van der Waals surface area contributed by atoms with Gasteiger partial charge in [-0.05, 0) is 59.5 Å². The number of aliphatic carboxylic acids is 1. The minimum Gasteiger partial charge on any atom is -0.480 e. The van der Waals surface area contributed by atoms with Crippen molar-refractivity contribution in [2.75, 3.05) is 5.32 Å². The topological polar surface area (TPSA) is 113 Å². The zero-order valence-corrected chi connectivity index (χ0v) is 20.0. The lowest BCUT2D eigenvalue weighted by Crippen LogP contribution is -2.42. The Morgan fingerprint density at radius 2 is 1.25 bits per heavy atom. The predicted octanol–water partition coefficient (Wildman–Crippen LogP) is 4.58. The van der Waals surface area contributed by atoms with Gasteiger partial charge in [0.25, 0.3) is 5.91 Å². The maximum atomic E-state index is 12.8. The third-order valence-corrected chi connectivity index (χ3v) is 7.04. The van der Waals surface area contributed by atoms with E-state index in [0.29, 0.717) is 16.8 Å². The number of nitrogens with one attached hydrogen (secondary N) is 2. The minimum atomic E-state index is -4.06. The Balaban J connectivity index is 1.45. The monoisotopic (exact) mass is 500 g/mol. The molecule has 4 aromatic rings. The van der Waals surface area contributed by atoms with Crippen molar-refractivity contribution in [3.8, 4) is 11.1 Å². The number of benzene rings is 4. The molecule has 182 valence electrons. The average Bonchev–Trinajstić information content (AvgIpc) is 2.89. The fraction of sp³-hybridized carbons (Fsp3) is 0.0714. The Labute approximate surface area is 209 Å². The Morgan fingerprint density at radius 1 is 0.722 bits per heavy atom. The number of carboxylic acids is 1. The van der Waals surface area contributed by atoms with Crippen LogP contribution in [0.25, 0.3) is 11.1 Å². The highest BCUT2D eigenvalue weighted by Crippen LogP contribution is 2.23. The summed E-state index contributed by atoms with van der Waals surface area (Å²) in [5.74, 6) is -1.49. The summed E-state index contributed by atoms with van der Waals surface area (Å²) in [5, 5.41) is 12.4. The molecule has 8 heteroatoms. The number of para-hydroxylation sites is 1. The molecule has 0 saturated carbocycles. The molecule has 4 rings (SSSR count). The highest BCUT2D eigenvalue weighted by atomic mass is 32.2. The predicted molar refractivity (Wildman–Crippen MR) is 138 cm³/mol. The van der Waals surface area contributed by atoms with Gasteiger partial charge in [-0.1, -0.05) is 72.8 Å². The number of sulfonamides is 1. The second kappa shape index (κ2) is 11.0. The van der Waals surface area contributed by atoms with Crippen LogP contribution in [0.2, 0.25) is 0 Å². The second-order valence-corrected chi connectivity index (χ2v) is 9.84. The van der Waals surface area contributed by atoms with E-state index in [1.54, 1.807) is 78.9 Å². The summed E-state index contributed by atoms with van der Waals surface area (Å²) in [7, 11) is -4.06. The standard InChI is InChI=1S/C28H24N2O5S/c31-27(29-24-9-5-2-6-10-24)23-13-11-21(12-14-23)22-15-17-25(18-16-22)36(34,35)30-26(28(32)33)19-20-7-3-1-4-8-20/h1-18,26,30H,19H2,(H,29,31)(H,32,33)/t26-/m1/s1. The Kier molecular flexibility index (Phi) is 7.58. The smallest absolute Gasteiger partial charge is 0.322 e. The van der Waals surface area contributed by atoms with Gasteiger partial charge in [0.2, 0.25) is 10.0 Å². The molecule has 0 aliphatic carbocycles. The number of hydrogen-bond donors (Lipinski definition) is 3. The Bertz CT molecular complexity index is 1440. The van der Waals surface area contributed by atoms with Crippen LogP contribution in [0.15, 0.2) is 114 Å². The summed E-state index contributed by atoms with van der Waals surface area (Å²) in [6, 6.07) is 29.8. The molecule has 0 aliphatic rings. The van der Waals surface area contributed by atoms with Crippen LogP contribution in [0.4, 0.5) is 5.69 Å². The normalized spacial score (nSPS) is 12.0. The molecule has 3 N–H and O–H groups in total. The van der Waals surface area contributed by atoms with Crippen molar-refractivity contribution in [3.63, 3.8) is 0 Å². The van der Waals surface area contributed by atoms with Gasteiger partial charge in [0.05, 0.1) is 4.90 Å². The number of rotatable bonds is 9. The summed E-state index contributed by atoms with van der Waals surface area (Å²) in [6.07, 6.45) is 0.0255. The highest BCUT2D eigenvalue weighted by Gasteiger charge is 2.25. The van der Waals surface area contributed by atoms with Crippen LogP contribution in [-0.4, -0.2) is 31.4 Å². The van der Waals surface area contributed by atoms with Crippen LogP contribution in [0, 0.1) is 0 Å². The van der Waals surface area contributed by atoms with E-state index in [0.717, 1.165) is 11.1 Å². The first-order valence-corrected chi connectivity index (χ1v) is 12.7. The molecule has 0 aliphatic heterocycles. The van der Waals surface area contributed by atoms with Crippen molar-refractivity contribution >= 4 is 27.6 Å². The zero-order valence-electron chi connectivity index (χ0n) is 19.2. The van der Waals surface area contributed by atoms with Crippen molar-refractivity contribution in [2.24, 2.45) is 0 Å². The Morgan fingerprint density at radius 3 is 1.81 bits per heavy atom. The van der Waals surface area contributed by atoms with Gasteiger partial charge in [-0.2, -0.15) is 4.72 Å². The zero-order chi connectivity index (χ0) is 25.5. The van der Waals surface area contributed by atoms with Gasteiger partial charge in [-0.15, -0.1) is 0 Å². The van der Waals surface area contributed by atoms with Crippen molar-refractivity contribution < 1.29 is 23.1 Å². The summed E-state index contributed by atoms with van der Waals surface area (Å²) < 4.78 is 28.0. The number of carbonyl (C=O) groups is 2. The first kappa shape index (κ1) is 24.8. The quantitative estimate of drug-likeness (QED) is 0.311. The van der Waals surface area contributed by atoms with Crippen LogP contribution in [0.1, 0.15) is 15.9 Å². The van der Waals surface area contributed by atoms with Crippen molar-refractivity contribution in [2.45, 2.75) is 17.4 Å². The van der Waals surface area contributed by atoms with Gasteiger partial charge in [-0.25, -0.2) is 8.42 Å². The van der Waals surface area contributed by atoms with Crippen molar-refractivity contribution in [1.29, 1.82) is 0 Å². The first-order chi connectivity index (χ1) is 17.3. The third kappa shape index (κ3) is 6.24. The molecule has 0 saturated heterocycles. The van der Waals surface area contributed by atoms with Crippen LogP contribution in [0.5, 0.6) is 0 Å². The van der Waals surface area contributed by atoms with Gasteiger partial charge < -0.3 is 10.4 Å². The van der Waals surface area contributed by atoms with Crippen molar-refractivity contribution in [3.05, 3.63) is 120 Å². The molecule has 0 fully saturated rings. The number of carboxylic acid groups (broad SMARTS) is 1. The van der Waals surface area contributed by atoms with Gasteiger partial charge in [0.1, 0.15) is 6.04 Å². The lowest BCUT2D eigenvalue weighted by molar-refractivity contribution is -0.138. The lowest BCUT2D eigenvalue weighted by atomic mass is 10.0. The molecule has 36 heavy (non-hydrogen) atoms. The average molecular weight is 501 g/mol. The first-order valence-electron chi connectivity index (χ1n) is 11.2. The van der Waals surface area contributed by atoms with Crippen LogP contribution in [0.3, 0.4) is 0 Å². The van der Waals surface area contributed by atoms with Gasteiger partial charge in [0, 0.05) is 11.3 Å². The van der Waals surface area contributed by atoms with E-state index in [2.05, 4.69) is 10.0 Å². The molecular formula is C28H24N2O5S. The molecule has 0 bridgehead atoms. The van der Waals surface area contributed by atoms with E-state index in [1.165, 1.54) is 12.1 Å². The van der Waals surface area contributed by atoms with E-state index >= 15 is 0 Å². The largest absolute Gasteiger partial charge is 0.480 e. The van der Waals surface area contributed by atoms with E-state index in [-0.39, 0.29) is 17.2 Å². The lowest BCUT2D eigenvalue weighted by Gasteiger charge is -2.15. The van der Waals surface area contributed by atoms with E-state index in [1.807, 2.05) is 18.2 Å². The van der Waals surface area contributed by atoms with Gasteiger partial charge >= 0.3 is 5.97 Å².